The molecule has 1 aliphatic heterocycles. The van der Waals surface area contributed by atoms with Crippen LogP contribution in [0.2, 0.25) is 0 Å². The number of hydrogen-bond acceptors (Lipinski definition) is 3. The summed E-state index contributed by atoms with van der Waals surface area (Å²) in [5, 5.41) is 10.5. The van der Waals surface area contributed by atoms with Crippen molar-refractivity contribution in [2.45, 2.75) is 58.5 Å². The first-order valence-corrected chi connectivity index (χ1v) is 12.2. The van der Waals surface area contributed by atoms with E-state index in [1.165, 1.54) is 6.07 Å². The highest BCUT2D eigenvalue weighted by Gasteiger charge is 2.38. The number of carboxylic acid groups (broad SMARTS) is 1. The maximum atomic E-state index is 13.9. The zero-order valence-electron chi connectivity index (χ0n) is 19.8. The molecule has 1 saturated carbocycles. The predicted molar refractivity (Wildman–Crippen MR) is 127 cm³/mol. The molecule has 184 valence electrons. The molecule has 1 aliphatic carbocycles. The first-order valence-electron chi connectivity index (χ1n) is 12.2. The number of aromatic nitrogens is 2. The normalized spacial score (nSPS) is 22.3. The van der Waals surface area contributed by atoms with Crippen molar-refractivity contribution in [2.75, 3.05) is 6.54 Å². The van der Waals surface area contributed by atoms with Crippen LogP contribution in [0.1, 0.15) is 55.8 Å². The molecule has 0 unspecified atom stereocenters. The van der Waals surface area contributed by atoms with Gasteiger partial charge in [-0.1, -0.05) is 6.07 Å². The van der Waals surface area contributed by atoms with E-state index < -0.39 is 23.0 Å². The number of rotatable bonds is 5. The zero-order valence-corrected chi connectivity index (χ0v) is 19.8. The highest BCUT2D eigenvalue weighted by Crippen LogP contribution is 2.40. The zero-order chi connectivity index (χ0) is 24.7. The van der Waals surface area contributed by atoms with Crippen molar-refractivity contribution in [1.82, 2.24) is 14.5 Å². The molecule has 2 aromatic heterocycles. The van der Waals surface area contributed by atoms with Gasteiger partial charge in [-0.2, -0.15) is 0 Å². The van der Waals surface area contributed by atoms with Crippen LogP contribution in [0.5, 0.6) is 0 Å². The Bertz CT molecular complexity index is 1290. The third kappa shape index (κ3) is 4.42. The summed E-state index contributed by atoms with van der Waals surface area (Å²) in [6.07, 6.45) is 5.52. The Balaban J connectivity index is 1.36. The fourth-order valence-corrected chi connectivity index (χ4v) is 5.57. The number of nitrogens with zero attached hydrogens (tertiary/aromatic N) is 3. The van der Waals surface area contributed by atoms with Gasteiger partial charge in [0.15, 0.2) is 11.6 Å². The van der Waals surface area contributed by atoms with E-state index in [1.807, 2.05) is 21.6 Å². The summed E-state index contributed by atoms with van der Waals surface area (Å²) >= 11 is 0. The minimum Gasteiger partial charge on any atom is -0.481 e. The quantitative estimate of drug-likeness (QED) is 0.561. The average molecular weight is 482 g/mol. The Morgan fingerprint density at radius 2 is 1.94 bits per heavy atom. The van der Waals surface area contributed by atoms with E-state index in [2.05, 4.69) is 4.98 Å². The van der Waals surface area contributed by atoms with Gasteiger partial charge >= 0.3 is 5.97 Å². The molecule has 1 N–H and O–H groups in total. The maximum absolute atomic E-state index is 13.9. The molecule has 6 nitrogen and oxygen atoms in total. The molecular weight excluding hydrogens is 452 g/mol. The lowest BCUT2D eigenvalue weighted by molar-refractivity contribution is -0.150. The van der Waals surface area contributed by atoms with Gasteiger partial charge in [-0.05, 0) is 80.3 Å². The maximum Gasteiger partial charge on any atom is 0.309 e. The number of hydrogen-bond donors (Lipinski definition) is 1. The predicted octanol–water partition coefficient (Wildman–Crippen LogP) is 4.92. The number of carboxylic acids is 1. The van der Waals surface area contributed by atoms with Crippen LogP contribution in [-0.2, 0) is 29.1 Å². The summed E-state index contributed by atoms with van der Waals surface area (Å²) in [7, 11) is 0. The van der Waals surface area contributed by atoms with Gasteiger partial charge in [0.2, 0.25) is 5.91 Å². The van der Waals surface area contributed by atoms with Gasteiger partial charge in [0.05, 0.1) is 12.0 Å². The summed E-state index contributed by atoms with van der Waals surface area (Å²) in [6, 6.07) is 7.80. The third-order valence-corrected chi connectivity index (χ3v) is 7.88. The number of halogens is 2. The number of pyridine rings is 1. The van der Waals surface area contributed by atoms with E-state index >= 15 is 0 Å². The number of amides is 1. The lowest BCUT2D eigenvalue weighted by Crippen LogP contribution is -2.39. The first-order chi connectivity index (χ1) is 16.7. The van der Waals surface area contributed by atoms with Crippen LogP contribution < -0.4 is 0 Å². The van der Waals surface area contributed by atoms with Crippen molar-refractivity contribution in [1.29, 1.82) is 0 Å². The molecule has 0 saturated heterocycles. The van der Waals surface area contributed by atoms with Crippen molar-refractivity contribution in [3.8, 4) is 0 Å². The average Bonchev–Trinajstić information content (AvgIpc) is 3.16. The largest absolute Gasteiger partial charge is 0.481 e. The molecule has 0 atom stereocenters. The second-order valence-corrected chi connectivity index (χ2v) is 10.2. The Hall–Kier alpha value is -3.29. The van der Waals surface area contributed by atoms with Crippen LogP contribution in [0.4, 0.5) is 8.78 Å². The van der Waals surface area contributed by atoms with Crippen molar-refractivity contribution in [3.63, 3.8) is 0 Å². The molecule has 1 amide bonds. The molecule has 35 heavy (non-hydrogen) atoms. The van der Waals surface area contributed by atoms with Crippen molar-refractivity contribution < 1.29 is 23.5 Å². The molecular formula is C27H29F2N3O3. The first kappa shape index (κ1) is 23.5. The van der Waals surface area contributed by atoms with Crippen LogP contribution in [-0.4, -0.2) is 38.0 Å². The van der Waals surface area contributed by atoms with Crippen LogP contribution in [0.15, 0.2) is 36.5 Å². The molecule has 8 heteroatoms. The third-order valence-electron chi connectivity index (χ3n) is 7.88. The Morgan fingerprint density at radius 3 is 2.66 bits per heavy atom. The molecule has 1 fully saturated rings. The van der Waals surface area contributed by atoms with Crippen LogP contribution >= 0.6 is 0 Å². The van der Waals surface area contributed by atoms with E-state index in [0.29, 0.717) is 50.9 Å². The summed E-state index contributed by atoms with van der Waals surface area (Å²) in [6.45, 7) is 3.18. The van der Waals surface area contributed by atoms with Gasteiger partial charge in [0.1, 0.15) is 5.65 Å². The number of benzene rings is 1. The second kappa shape index (κ2) is 9.06. The van der Waals surface area contributed by atoms with Crippen molar-refractivity contribution in [2.24, 2.45) is 11.3 Å². The lowest BCUT2D eigenvalue weighted by Gasteiger charge is -2.35. The summed E-state index contributed by atoms with van der Waals surface area (Å²) in [4.78, 5) is 31.2. The van der Waals surface area contributed by atoms with Crippen molar-refractivity contribution >= 4 is 22.9 Å². The Labute approximate surface area is 202 Å². The fourth-order valence-electron chi connectivity index (χ4n) is 5.57. The van der Waals surface area contributed by atoms with Gasteiger partial charge in [-0.15, -0.1) is 0 Å². The molecule has 2 aliphatic rings. The molecule has 1 aromatic carbocycles. The van der Waals surface area contributed by atoms with E-state index in [-0.39, 0.29) is 11.8 Å². The molecule has 0 bridgehead atoms. The SMILES string of the molecule is C[C@]1(C(=O)O)CC[C@H](CC(=O)N2CCc3c(n(Cc4ccc(F)c(F)c4)c4ncccc34)C2)CC1. The Morgan fingerprint density at radius 1 is 1.17 bits per heavy atom. The van der Waals surface area contributed by atoms with E-state index in [4.69, 9.17) is 0 Å². The van der Waals surface area contributed by atoms with E-state index in [9.17, 15) is 23.5 Å². The van der Waals surface area contributed by atoms with Crippen molar-refractivity contribution in [3.05, 3.63) is 65.0 Å². The minimum atomic E-state index is -0.885. The Kier molecular flexibility index (Phi) is 6.07. The summed E-state index contributed by atoms with van der Waals surface area (Å²) in [5.74, 6) is -2.24. The molecule has 3 heterocycles. The highest BCUT2D eigenvalue weighted by atomic mass is 19.2. The van der Waals surface area contributed by atoms with Gasteiger partial charge in [-0.3, -0.25) is 9.59 Å². The summed E-state index contributed by atoms with van der Waals surface area (Å²) < 4.78 is 29.3. The molecule has 5 rings (SSSR count). The van der Waals surface area contributed by atoms with Crippen LogP contribution in [0, 0.1) is 23.0 Å². The van der Waals surface area contributed by atoms with Crippen LogP contribution in [0.3, 0.4) is 0 Å². The van der Waals surface area contributed by atoms with Gasteiger partial charge in [0.25, 0.3) is 0 Å². The topological polar surface area (TPSA) is 75.4 Å². The summed E-state index contributed by atoms with van der Waals surface area (Å²) in [5.41, 5.74) is 2.84. The number of carbonyl (C=O) groups is 2. The number of carbonyl (C=O) groups excluding carboxylic acids is 1. The van der Waals surface area contributed by atoms with E-state index in [1.54, 1.807) is 19.2 Å². The van der Waals surface area contributed by atoms with Gasteiger partial charge < -0.3 is 14.6 Å². The van der Waals surface area contributed by atoms with Crippen LogP contribution in [0.25, 0.3) is 11.0 Å². The minimum absolute atomic E-state index is 0.0807. The molecule has 0 radical (unpaired) electrons. The van der Waals surface area contributed by atoms with Gasteiger partial charge in [-0.25, -0.2) is 13.8 Å². The van der Waals surface area contributed by atoms with Gasteiger partial charge in [0, 0.05) is 36.8 Å². The second-order valence-electron chi connectivity index (χ2n) is 10.2. The monoisotopic (exact) mass is 481 g/mol. The molecule has 3 aromatic rings. The number of aliphatic carboxylic acids is 1. The fraction of sp³-hybridized carbons (Fsp3) is 0.444. The smallest absolute Gasteiger partial charge is 0.309 e. The van der Waals surface area contributed by atoms with E-state index in [0.717, 1.165) is 41.2 Å². The lowest BCUT2D eigenvalue weighted by atomic mass is 9.71. The highest BCUT2D eigenvalue weighted by molar-refractivity contribution is 5.84. The number of fused-ring (bicyclic) bond motifs is 3. The molecule has 0 spiro atoms. The standard InChI is InChI=1S/C27H29F2N3O3/c1-27(26(34)35)9-6-17(7-10-27)14-24(33)31-12-8-19-20-3-2-11-30-25(20)32(23(19)16-31)15-18-4-5-21(28)22(29)13-18/h2-5,11,13,17H,6-10,12,14-16H2,1H3,(H,34,35)/t17-,27-.